The average molecular weight is 532 g/mol. The summed E-state index contributed by atoms with van der Waals surface area (Å²) in [6.07, 6.45) is 4.56. The maximum Gasteiger partial charge on any atom is 0.410 e. The Balaban J connectivity index is 1.54. The molecule has 1 aromatic carbocycles. The first-order valence-electron chi connectivity index (χ1n) is 13.0. The molecule has 0 N–H and O–H groups in total. The van der Waals surface area contributed by atoms with Gasteiger partial charge in [-0.2, -0.15) is 0 Å². The summed E-state index contributed by atoms with van der Waals surface area (Å²) in [5, 5.41) is 0.0554. The van der Waals surface area contributed by atoms with Crippen LogP contribution in [0.4, 0.5) is 9.18 Å². The van der Waals surface area contributed by atoms with Crippen molar-refractivity contribution in [3.05, 3.63) is 42.0 Å². The van der Waals surface area contributed by atoms with Crippen molar-refractivity contribution < 1.29 is 23.1 Å². The van der Waals surface area contributed by atoms with Crippen LogP contribution in [0.5, 0.6) is 6.01 Å². The highest BCUT2D eigenvalue weighted by Crippen LogP contribution is 2.37. The van der Waals surface area contributed by atoms with Crippen molar-refractivity contribution in [2.45, 2.75) is 84.7 Å². The van der Waals surface area contributed by atoms with E-state index in [0.29, 0.717) is 42.3 Å². The monoisotopic (exact) mass is 531 g/mol. The Morgan fingerprint density at radius 2 is 1.70 bits per heavy atom. The summed E-state index contributed by atoms with van der Waals surface area (Å²) < 4.78 is 32.8. The van der Waals surface area contributed by atoms with Gasteiger partial charge in [0, 0.05) is 42.2 Å². The van der Waals surface area contributed by atoms with E-state index in [-0.39, 0.29) is 29.6 Å². The Labute approximate surface area is 221 Å². The molecule has 0 unspecified atom stereocenters. The molecule has 2 aromatic rings. The largest absolute Gasteiger partial charge is 0.463 e. The van der Waals surface area contributed by atoms with E-state index in [1.807, 2.05) is 26.8 Å². The molecule has 7 nitrogen and oxygen atoms in total. The summed E-state index contributed by atoms with van der Waals surface area (Å²) in [7, 11) is -1.99. The standard InChI is InChI=1S/C28H42FN3O4Si/c1-27(2,3)36-26(33)32-14-12-20(13-15-32)18-34-25-30-16-22(17-31-25)23-11-9-10-21(24(23)29)19-35-37(7,8)28(4,5)6/h9-11,16-17,20H,12-15,18-19H2,1-8H3. The maximum absolute atomic E-state index is 15.3. The SMILES string of the molecule is CC(C)(C)OC(=O)N1CCC(COc2ncc(-c3cccc(CO[Si](C)(C)C(C)(C)C)c3F)cn2)CC1. The van der Waals surface area contributed by atoms with Gasteiger partial charge >= 0.3 is 12.1 Å². The first-order valence-corrected chi connectivity index (χ1v) is 15.9. The van der Waals surface area contributed by atoms with Gasteiger partial charge in [0.25, 0.3) is 0 Å². The molecule has 0 bridgehead atoms. The molecule has 1 fully saturated rings. The molecule has 2 heterocycles. The molecule has 204 valence electrons. The van der Waals surface area contributed by atoms with Gasteiger partial charge in [0.1, 0.15) is 11.4 Å². The van der Waals surface area contributed by atoms with E-state index < -0.39 is 13.9 Å². The first kappa shape index (κ1) is 29.0. The summed E-state index contributed by atoms with van der Waals surface area (Å²) in [5.41, 5.74) is 1.06. The number of ether oxygens (including phenoxy) is 2. The molecule has 1 aliphatic rings. The average Bonchev–Trinajstić information content (AvgIpc) is 2.81. The fourth-order valence-electron chi connectivity index (χ4n) is 3.72. The number of benzene rings is 1. The van der Waals surface area contributed by atoms with Crippen molar-refractivity contribution in [1.29, 1.82) is 0 Å². The van der Waals surface area contributed by atoms with Crippen LogP contribution in [0.2, 0.25) is 18.1 Å². The molecule has 0 saturated carbocycles. The lowest BCUT2D eigenvalue weighted by Gasteiger charge is -2.36. The molecule has 0 aliphatic carbocycles. The van der Waals surface area contributed by atoms with Crippen LogP contribution in [0.15, 0.2) is 30.6 Å². The van der Waals surface area contributed by atoms with Gasteiger partial charge in [-0.25, -0.2) is 19.2 Å². The Morgan fingerprint density at radius 3 is 2.27 bits per heavy atom. The zero-order chi connectivity index (χ0) is 27.4. The van der Waals surface area contributed by atoms with Gasteiger partial charge in [-0.3, -0.25) is 0 Å². The minimum atomic E-state index is -1.99. The Kier molecular flexibility index (Phi) is 9.00. The number of carbonyl (C=O) groups is 1. The molecule has 0 atom stereocenters. The number of piperidine rings is 1. The van der Waals surface area contributed by atoms with Crippen LogP contribution < -0.4 is 4.74 Å². The topological polar surface area (TPSA) is 73.8 Å². The lowest BCUT2D eigenvalue weighted by Crippen LogP contribution is -2.42. The third-order valence-electron chi connectivity index (χ3n) is 7.13. The van der Waals surface area contributed by atoms with Gasteiger partial charge < -0.3 is 18.8 Å². The fourth-order valence-corrected chi connectivity index (χ4v) is 4.67. The summed E-state index contributed by atoms with van der Waals surface area (Å²) in [4.78, 5) is 22.6. The van der Waals surface area contributed by atoms with Crippen LogP contribution in [-0.4, -0.2) is 54.6 Å². The Morgan fingerprint density at radius 1 is 1.08 bits per heavy atom. The molecule has 1 saturated heterocycles. The number of halogens is 1. The number of hydrogen-bond donors (Lipinski definition) is 0. The van der Waals surface area contributed by atoms with E-state index in [9.17, 15) is 4.79 Å². The predicted molar refractivity (Wildman–Crippen MR) is 145 cm³/mol. The second-order valence-corrected chi connectivity index (χ2v) is 17.1. The van der Waals surface area contributed by atoms with Crippen molar-refractivity contribution in [1.82, 2.24) is 14.9 Å². The van der Waals surface area contributed by atoms with Crippen LogP contribution in [0.3, 0.4) is 0 Å². The number of rotatable bonds is 7. The van der Waals surface area contributed by atoms with Crippen molar-refractivity contribution in [3.63, 3.8) is 0 Å². The Hall–Kier alpha value is -2.52. The molecule has 1 aromatic heterocycles. The lowest BCUT2D eigenvalue weighted by atomic mass is 9.98. The second kappa shape index (κ2) is 11.5. The van der Waals surface area contributed by atoms with Crippen LogP contribution >= 0.6 is 0 Å². The first-order chi connectivity index (χ1) is 17.2. The molecular formula is C28H42FN3O4Si. The Bertz CT molecular complexity index is 1060. The molecule has 3 rings (SSSR count). The highest BCUT2D eigenvalue weighted by atomic mass is 28.4. The van der Waals surface area contributed by atoms with Gasteiger partial charge in [0.05, 0.1) is 13.2 Å². The number of nitrogens with zero attached hydrogens (tertiary/aromatic N) is 3. The van der Waals surface area contributed by atoms with Gasteiger partial charge in [-0.05, 0) is 57.7 Å². The molecule has 1 amide bonds. The van der Waals surface area contributed by atoms with Crippen LogP contribution in [0.1, 0.15) is 59.9 Å². The predicted octanol–water partition coefficient (Wildman–Crippen LogP) is 6.83. The van der Waals surface area contributed by atoms with Crippen molar-refractivity contribution in [2.24, 2.45) is 5.92 Å². The van der Waals surface area contributed by atoms with Crippen molar-refractivity contribution >= 4 is 14.4 Å². The van der Waals surface area contributed by atoms with E-state index in [1.54, 1.807) is 29.4 Å². The lowest BCUT2D eigenvalue weighted by molar-refractivity contribution is 0.0163. The van der Waals surface area contributed by atoms with E-state index in [0.717, 1.165) is 12.8 Å². The maximum atomic E-state index is 15.3. The zero-order valence-electron chi connectivity index (χ0n) is 23.6. The normalized spacial score (nSPS) is 15.5. The quantitative estimate of drug-likeness (QED) is 0.365. The van der Waals surface area contributed by atoms with Crippen molar-refractivity contribution in [2.75, 3.05) is 19.7 Å². The second-order valence-electron chi connectivity index (χ2n) is 12.3. The summed E-state index contributed by atoms with van der Waals surface area (Å²) in [6, 6.07) is 5.58. The number of carbonyl (C=O) groups excluding carboxylic acids is 1. The zero-order valence-corrected chi connectivity index (χ0v) is 24.6. The fraction of sp³-hybridized carbons (Fsp3) is 0.607. The summed E-state index contributed by atoms with van der Waals surface area (Å²) in [6.45, 7) is 18.4. The number of amides is 1. The third-order valence-corrected chi connectivity index (χ3v) is 11.6. The molecule has 37 heavy (non-hydrogen) atoms. The number of likely N-dealkylation sites (tertiary alicyclic amines) is 1. The van der Waals surface area contributed by atoms with E-state index in [4.69, 9.17) is 13.9 Å². The van der Waals surface area contributed by atoms with Crippen LogP contribution in [0, 0.1) is 11.7 Å². The number of hydrogen-bond acceptors (Lipinski definition) is 6. The highest BCUT2D eigenvalue weighted by molar-refractivity contribution is 6.74. The van der Waals surface area contributed by atoms with E-state index in [2.05, 4.69) is 43.8 Å². The smallest absolute Gasteiger partial charge is 0.410 e. The molecule has 0 radical (unpaired) electrons. The van der Waals surface area contributed by atoms with Gasteiger partial charge in [0.15, 0.2) is 8.32 Å². The highest BCUT2D eigenvalue weighted by Gasteiger charge is 2.37. The summed E-state index contributed by atoms with van der Waals surface area (Å²) >= 11 is 0. The molecule has 9 heteroatoms. The molecule has 0 spiro atoms. The van der Waals surface area contributed by atoms with Gasteiger partial charge in [-0.1, -0.05) is 39.0 Å². The van der Waals surface area contributed by atoms with Gasteiger partial charge in [-0.15, -0.1) is 0 Å². The molecule has 1 aliphatic heterocycles. The van der Waals surface area contributed by atoms with Gasteiger partial charge in [0.2, 0.25) is 0 Å². The van der Waals surface area contributed by atoms with E-state index in [1.165, 1.54) is 0 Å². The molecular weight excluding hydrogens is 489 g/mol. The van der Waals surface area contributed by atoms with Crippen LogP contribution in [0.25, 0.3) is 11.1 Å². The summed E-state index contributed by atoms with van der Waals surface area (Å²) in [5.74, 6) is -0.00721. The van der Waals surface area contributed by atoms with Crippen LogP contribution in [-0.2, 0) is 15.8 Å². The van der Waals surface area contributed by atoms with E-state index >= 15 is 4.39 Å². The number of aromatic nitrogens is 2. The minimum absolute atomic E-state index is 0.0554. The van der Waals surface area contributed by atoms with Crippen molar-refractivity contribution in [3.8, 4) is 17.1 Å². The third kappa shape index (κ3) is 7.98. The minimum Gasteiger partial charge on any atom is -0.463 e.